The lowest BCUT2D eigenvalue weighted by atomic mass is 9.67. The van der Waals surface area contributed by atoms with Gasteiger partial charge in [-0.1, -0.05) is 63.1 Å². The summed E-state index contributed by atoms with van der Waals surface area (Å²) in [6.45, 7) is 4.55. The Morgan fingerprint density at radius 1 is 0.921 bits per heavy atom. The van der Waals surface area contributed by atoms with E-state index in [2.05, 4.69) is 38.1 Å². The third kappa shape index (κ3) is 5.41. The van der Waals surface area contributed by atoms with Crippen molar-refractivity contribution in [3.05, 3.63) is 70.8 Å². The van der Waals surface area contributed by atoms with Crippen molar-refractivity contribution >= 4 is 22.9 Å². The van der Waals surface area contributed by atoms with Crippen LogP contribution in [0.2, 0.25) is 0 Å². The molecule has 0 saturated heterocycles. The Kier molecular flexibility index (Phi) is 7.70. The van der Waals surface area contributed by atoms with Crippen molar-refractivity contribution in [3.63, 3.8) is 0 Å². The number of carbonyl (C=O) groups is 3. The van der Waals surface area contributed by atoms with E-state index in [0.717, 1.165) is 68.9 Å². The summed E-state index contributed by atoms with van der Waals surface area (Å²) in [5, 5.41) is 0. The average Bonchev–Trinajstić information content (AvgIpc) is 3.35. The molecule has 0 heterocycles. The SMILES string of the molecule is COc1cc2c(cc1C(=O)C1CCC(C)(Cc3ccccc3)CC1)C(C(=O)C(=O)C1CCC(C)CC1)=CC2. The molecule has 38 heavy (non-hydrogen) atoms. The highest BCUT2D eigenvalue weighted by Gasteiger charge is 2.37. The van der Waals surface area contributed by atoms with Crippen LogP contribution in [0.5, 0.6) is 5.75 Å². The fourth-order valence-corrected chi connectivity index (χ4v) is 6.84. The van der Waals surface area contributed by atoms with Gasteiger partial charge >= 0.3 is 0 Å². The van der Waals surface area contributed by atoms with E-state index in [9.17, 15) is 14.4 Å². The number of fused-ring (bicyclic) bond motifs is 1. The number of ether oxygens (including phenoxy) is 1. The largest absolute Gasteiger partial charge is 0.496 e. The van der Waals surface area contributed by atoms with Crippen molar-refractivity contribution in [2.45, 2.75) is 78.1 Å². The second kappa shape index (κ2) is 11.0. The van der Waals surface area contributed by atoms with E-state index in [1.807, 2.05) is 24.3 Å². The van der Waals surface area contributed by atoms with E-state index in [1.165, 1.54) is 5.56 Å². The van der Waals surface area contributed by atoms with Crippen molar-refractivity contribution in [2.75, 3.05) is 7.11 Å². The third-order valence-corrected chi connectivity index (χ3v) is 9.40. The Labute approximate surface area is 226 Å². The smallest absolute Gasteiger partial charge is 0.229 e. The molecule has 2 aromatic carbocycles. The Balaban J connectivity index is 1.31. The van der Waals surface area contributed by atoms with Crippen LogP contribution in [-0.2, 0) is 22.4 Å². The van der Waals surface area contributed by atoms with Gasteiger partial charge in [0, 0.05) is 17.4 Å². The van der Waals surface area contributed by atoms with Gasteiger partial charge < -0.3 is 4.74 Å². The highest BCUT2D eigenvalue weighted by molar-refractivity contribution is 6.54. The number of rotatable bonds is 8. The Hall–Kier alpha value is -3.01. The second-order valence-corrected chi connectivity index (χ2v) is 12.3. The first kappa shape index (κ1) is 26.6. The number of Topliss-reactive ketones (excluding diaryl/α,β-unsaturated/α-hetero) is 3. The van der Waals surface area contributed by atoms with Crippen LogP contribution in [0.3, 0.4) is 0 Å². The topological polar surface area (TPSA) is 60.4 Å². The zero-order chi connectivity index (χ0) is 26.9. The molecule has 0 amide bonds. The number of allylic oxidation sites excluding steroid dienone is 2. The van der Waals surface area contributed by atoms with E-state index in [-0.39, 0.29) is 34.6 Å². The summed E-state index contributed by atoms with van der Waals surface area (Å²) >= 11 is 0. The molecule has 0 spiro atoms. The van der Waals surface area contributed by atoms with E-state index in [1.54, 1.807) is 7.11 Å². The maximum absolute atomic E-state index is 13.8. The number of hydrogen-bond acceptors (Lipinski definition) is 4. The van der Waals surface area contributed by atoms with Crippen LogP contribution in [0.15, 0.2) is 48.5 Å². The zero-order valence-electron chi connectivity index (χ0n) is 23.1. The first-order chi connectivity index (χ1) is 18.3. The fourth-order valence-electron chi connectivity index (χ4n) is 6.84. The highest BCUT2D eigenvalue weighted by Crippen LogP contribution is 2.44. The Morgan fingerprint density at radius 2 is 1.61 bits per heavy atom. The fraction of sp³-hybridized carbons (Fsp3) is 0.500. The van der Waals surface area contributed by atoms with Gasteiger partial charge in [0.1, 0.15) is 5.75 Å². The third-order valence-electron chi connectivity index (χ3n) is 9.40. The second-order valence-electron chi connectivity index (χ2n) is 12.3. The number of carbonyl (C=O) groups excluding carboxylic acids is 3. The summed E-state index contributed by atoms with van der Waals surface area (Å²) in [7, 11) is 1.60. The molecule has 5 rings (SSSR count). The zero-order valence-corrected chi connectivity index (χ0v) is 23.1. The molecule has 0 aromatic heterocycles. The highest BCUT2D eigenvalue weighted by atomic mass is 16.5. The van der Waals surface area contributed by atoms with Gasteiger partial charge in [-0.15, -0.1) is 0 Å². The average molecular weight is 513 g/mol. The molecular weight excluding hydrogens is 472 g/mol. The summed E-state index contributed by atoms with van der Waals surface area (Å²) in [6.07, 6.45) is 10.8. The number of ketones is 3. The summed E-state index contributed by atoms with van der Waals surface area (Å²) in [5.74, 6) is 0.416. The Bertz CT molecular complexity index is 1240. The van der Waals surface area contributed by atoms with Crippen molar-refractivity contribution in [1.82, 2.24) is 0 Å². The van der Waals surface area contributed by atoms with Crippen molar-refractivity contribution in [3.8, 4) is 5.75 Å². The molecule has 0 radical (unpaired) electrons. The normalized spacial score (nSPS) is 26.8. The predicted octanol–water partition coefficient (Wildman–Crippen LogP) is 7.22. The van der Waals surface area contributed by atoms with Crippen LogP contribution in [0.25, 0.3) is 5.57 Å². The van der Waals surface area contributed by atoms with Gasteiger partial charge in [0.2, 0.25) is 11.6 Å². The standard InChI is InChI=1S/C34H40O4/c1-22-9-11-24(12-10-22)32(36)33(37)27-14-13-26-19-30(38-3)29(20-28(26)27)31(35)25-15-17-34(2,18-16-25)21-23-7-5-4-6-8-23/h4-8,14,19-20,22,24-25H,9-13,15-18,21H2,1-3H3. The predicted molar refractivity (Wildman–Crippen MR) is 150 cm³/mol. The van der Waals surface area contributed by atoms with Crippen molar-refractivity contribution in [2.24, 2.45) is 23.2 Å². The maximum atomic E-state index is 13.8. The first-order valence-electron chi connectivity index (χ1n) is 14.4. The molecule has 3 aliphatic rings. The van der Waals surface area contributed by atoms with E-state index in [0.29, 0.717) is 29.2 Å². The van der Waals surface area contributed by atoms with Gasteiger partial charge in [0.15, 0.2) is 5.78 Å². The molecule has 2 fully saturated rings. The van der Waals surface area contributed by atoms with E-state index in [4.69, 9.17) is 4.74 Å². The van der Waals surface area contributed by atoms with Gasteiger partial charge in [0.25, 0.3) is 0 Å². The van der Waals surface area contributed by atoms with Gasteiger partial charge in [-0.05, 0) is 91.5 Å². The van der Waals surface area contributed by atoms with Crippen LogP contribution in [0.4, 0.5) is 0 Å². The molecular formula is C34H40O4. The lowest BCUT2D eigenvalue weighted by Gasteiger charge is -2.37. The molecule has 0 N–H and O–H groups in total. The molecule has 2 aromatic rings. The van der Waals surface area contributed by atoms with Gasteiger partial charge in [-0.25, -0.2) is 0 Å². The molecule has 4 heteroatoms. The van der Waals surface area contributed by atoms with E-state index >= 15 is 0 Å². The Morgan fingerprint density at radius 3 is 2.26 bits per heavy atom. The molecule has 0 atom stereocenters. The molecule has 0 aliphatic heterocycles. The lowest BCUT2D eigenvalue weighted by Crippen LogP contribution is -2.30. The summed E-state index contributed by atoms with van der Waals surface area (Å²) in [4.78, 5) is 40.2. The van der Waals surface area contributed by atoms with Crippen LogP contribution >= 0.6 is 0 Å². The number of benzene rings is 2. The number of methoxy groups -OCH3 is 1. The van der Waals surface area contributed by atoms with Crippen LogP contribution < -0.4 is 4.74 Å². The van der Waals surface area contributed by atoms with E-state index < -0.39 is 0 Å². The number of hydrogen-bond donors (Lipinski definition) is 0. The minimum Gasteiger partial charge on any atom is -0.496 e. The quantitative estimate of drug-likeness (QED) is 0.277. The van der Waals surface area contributed by atoms with Gasteiger partial charge in [-0.3, -0.25) is 14.4 Å². The van der Waals surface area contributed by atoms with Crippen molar-refractivity contribution < 1.29 is 19.1 Å². The minimum absolute atomic E-state index is 0.0545. The summed E-state index contributed by atoms with van der Waals surface area (Å²) in [6, 6.07) is 14.3. The molecule has 4 nitrogen and oxygen atoms in total. The monoisotopic (exact) mass is 512 g/mol. The van der Waals surface area contributed by atoms with Crippen LogP contribution in [0.1, 0.15) is 92.3 Å². The van der Waals surface area contributed by atoms with Gasteiger partial charge in [-0.2, -0.15) is 0 Å². The maximum Gasteiger partial charge on any atom is 0.229 e. The molecule has 0 unspecified atom stereocenters. The molecule has 2 saturated carbocycles. The van der Waals surface area contributed by atoms with Crippen molar-refractivity contribution in [1.29, 1.82) is 0 Å². The molecule has 200 valence electrons. The molecule has 3 aliphatic carbocycles. The first-order valence-corrected chi connectivity index (χ1v) is 14.4. The molecule has 0 bridgehead atoms. The minimum atomic E-state index is -0.388. The van der Waals surface area contributed by atoms with Crippen LogP contribution in [-0.4, -0.2) is 24.5 Å². The van der Waals surface area contributed by atoms with Gasteiger partial charge in [0.05, 0.1) is 12.7 Å². The lowest BCUT2D eigenvalue weighted by molar-refractivity contribution is -0.136. The van der Waals surface area contributed by atoms with Crippen LogP contribution in [0, 0.1) is 23.2 Å². The summed E-state index contributed by atoms with van der Waals surface area (Å²) < 4.78 is 5.66. The summed E-state index contributed by atoms with van der Waals surface area (Å²) in [5.41, 5.74) is 4.25.